The number of likely N-dealkylation sites (tertiary alicyclic amines) is 1. The molecule has 1 aromatic rings. The zero-order valence-electron chi connectivity index (χ0n) is 15.6. The fourth-order valence-corrected chi connectivity index (χ4v) is 4.11. The van der Waals surface area contributed by atoms with Gasteiger partial charge in [0.1, 0.15) is 11.9 Å². The van der Waals surface area contributed by atoms with Crippen LogP contribution in [-0.2, 0) is 4.79 Å². The molecule has 1 atom stereocenters. The molecule has 2 aliphatic heterocycles. The number of carbonyl (C=O) groups excluding carboxylic acids is 2. The number of hydrogen-bond acceptors (Lipinski definition) is 4. The Balaban J connectivity index is 1.61. The highest BCUT2D eigenvalue weighted by atomic mass is 32.2. The predicted octanol–water partition coefficient (Wildman–Crippen LogP) is 1.84. The second-order valence-electron chi connectivity index (χ2n) is 7.00. The summed E-state index contributed by atoms with van der Waals surface area (Å²) in [5.74, 6) is 0.438. The van der Waals surface area contributed by atoms with E-state index in [-0.39, 0.29) is 18.0 Å². The Hall–Kier alpha value is -1.80. The first-order valence-electron chi connectivity index (χ1n) is 9.40. The van der Waals surface area contributed by atoms with Crippen LogP contribution in [0.15, 0.2) is 24.3 Å². The molecular formula is C19H27FN4O2S. The largest absolute Gasteiger partial charge is 0.352 e. The Bertz CT molecular complexity index is 667. The SMILES string of the molecule is CSCCN1CCC(NC(=O)N2CCNC(=O)[C@@H]2c2cccc(F)c2)CC1. The van der Waals surface area contributed by atoms with E-state index in [1.807, 2.05) is 11.8 Å². The van der Waals surface area contributed by atoms with Crippen LogP contribution in [0.1, 0.15) is 24.4 Å². The maximum absolute atomic E-state index is 13.6. The highest BCUT2D eigenvalue weighted by Gasteiger charge is 2.35. The van der Waals surface area contributed by atoms with Crippen LogP contribution in [0.2, 0.25) is 0 Å². The first kappa shape index (κ1) is 19.9. The molecule has 0 saturated carbocycles. The van der Waals surface area contributed by atoms with Crippen molar-refractivity contribution in [3.8, 4) is 0 Å². The second kappa shape index (κ2) is 9.41. The van der Waals surface area contributed by atoms with E-state index in [4.69, 9.17) is 0 Å². The van der Waals surface area contributed by atoms with Crippen molar-refractivity contribution in [1.82, 2.24) is 20.4 Å². The quantitative estimate of drug-likeness (QED) is 0.800. The summed E-state index contributed by atoms with van der Waals surface area (Å²) in [5.41, 5.74) is 0.495. The molecule has 2 saturated heterocycles. The van der Waals surface area contributed by atoms with Crippen molar-refractivity contribution in [2.24, 2.45) is 0 Å². The number of nitrogens with zero attached hydrogens (tertiary/aromatic N) is 2. The standard InChI is InChI=1S/C19H27FN4O2S/c1-27-12-11-23-8-5-16(6-9-23)22-19(26)24-10-7-21-18(25)17(24)14-3-2-4-15(20)13-14/h2-4,13,16-17H,5-12H2,1H3,(H,21,25)(H,22,26)/t17-/m0/s1. The minimum Gasteiger partial charge on any atom is -0.352 e. The van der Waals surface area contributed by atoms with Gasteiger partial charge in [0.15, 0.2) is 0 Å². The lowest BCUT2D eigenvalue weighted by Crippen LogP contribution is -2.57. The third kappa shape index (κ3) is 5.13. The van der Waals surface area contributed by atoms with E-state index in [1.54, 1.807) is 12.1 Å². The fraction of sp³-hybridized carbons (Fsp3) is 0.579. The maximum atomic E-state index is 13.6. The van der Waals surface area contributed by atoms with Gasteiger partial charge in [-0.05, 0) is 36.8 Å². The van der Waals surface area contributed by atoms with Crippen LogP contribution >= 0.6 is 11.8 Å². The van der Waals surface area contributed by atoms with Crippen LogP contribution in [-0.4, -0.2) is 72.5 Å². The van der Waals surface area contributed by atoms with Crippen molar-refractivity contribution in [2.75, 3.05) is 44.7 Å². The molecule has 2 aliphatic rings. The summed E-state index contributed by atoms with van der Waals surface area (Å²) in [6, 6.07) is 4.97. The molecule has 3 amide bonds. The molecule has 0 aliphatic carbocycles. The highest BCUT2D eigenvalue weighted by Crippen LogP contribution is 2.24. The van der Waals surface area contributed by atoms with Gasteiger partial charge in [-0.3, -0.25) is 4.79 Å². The lowest BCUT2D eigenvalue weighted by molar-refractivity contribution is -0.127. The molecule has 0 radical (unpaired) electrons. The Morgan fingerprint density at radius 1 is 1.33 bits per heavy atom. The van der Waals surface area contributed by atoms with Crippen LogP contribution in [0, 0.1) is 5.82 Å². The average Bonchev–Trinajstić information content (AvgIpc) is 2.67. The van der Waals surface area contributed by atoms with Gasteiger partial charge in [0, 0.05) is 44.5 Å². The summed E-state index contributed by atoms with van der Waals surface area (Å²) in [6.45, 7) is 3.84. The number of nitrogens with one attached hydrogen (secondary N) is 2. The zero-order chi connectivity index (χ0) is 19.2. The molecule has 1 aromatic carbocycles. The summed E-state index contributed by atoms with van der Waals surface area (Å²) in [7, 11) is 0. The topological polar surface area (TPSA) is 64.7 Å². The van der Waals surface area contributed by atoms with Gasteiger partial charge in [-0.1, -0.05) is 12.1 Å². The summed E-state index contributed by atoms with van der Waals surface area (Å²) >= 11 is 1.84. The lowest BCUT2D eigenvalue weighted by atomic mass is 10.0. The van der Waals surface area contributed by atoms with Crippen LogP contribution < -0.4 is 10.6 Å². The van der Waals surface area contributed by atoms with Gasteiger partial charge in [0.2, 0.25) is 5.91 Å². The first-order valence-corrected chi connectivity index (χ1v) is 10.8. The van der Waals surface area contributed by atoms with Gasteiger partial charge in [0.25, 0.3) is 0 Å². The normalized spacial score (nSPS) is 21.8. The van der Waals surface area contributed by atoms with Crippen LogP contribution in [0.3, 0.4) is 0 Å². The number of halogens is 1. The van der Waals surface area contributed by atoms with Crippen molar-refractivity contribution in [1.29, 1.82) is 0 Å². The molecule has 3 rings (SSSR count). The number of hydrogen-bond donors (Lipinski definition) is 2. The minimum absolute atomic E-state index is 0.112. The molecule has 8 heteroatoms. The lowest BCUT2D eigenvalue weighted by Gasteiger charge is -2.38. The molecule has 2 heterocycles. The van der Waals surface area contributed by atoms with E-state index in [2.05, 4.69) is 21.8 Å². The molecule has 2 N–H and O–H groups in total. The molecule has 0 unspecified atom stereocenters. The van der Waals surface area contributed by atoms with Crippen LogP contribution in [0.25, 0.3) is 0 Å². The predicted molar refractivity (Wildman–Crippen MR) is 105 cm³/mol. The molecule has 2 fully saturated rings. The van der Waals surface area contributed by atoms with Crippen LogP contribution in [0.5, 0.6) is 0 Å². The number of carbonyl (C=O) groups is 2. The molecule has 0 bridgehead atoms. The third-order valence-corrected chi connectivity index (χ3v) is 5.75. The third-order valence-electron chi connectivity index (χ3n) is 5.16. The molecule has 148 valence electrons. The number of rotatable bonds is 5. The van der Waals surface area contributed by atoms with Gasteiger partial charge in [-0.2, -0.15) is 11.8 Å². The monoisotopic (exact) mass is 394 g/mol. The fourth-order valence-electron chi connectivity index (χ4n) is 3.67. The van der Waals surface area contributed by atoms with Gasteiger partial charge >= 0.3 is 6.03 Å². The van der Waals surface area contributed by atoms with Gasteiger partial charge in [-0.15, -0.1) is 0 Å². The van der Waals surface area contributed by atoms with E-state index in [0.29, 0.717) is 18.7 Å². The number of amides is 3. The Kier molecular flexibility index (Phi) is 6.95. The van der Waals surface area contributed by atoms with E-state index in [9.17, 15) is 14.0 Å². The minimum atomic E-state index is -0.795. The Morgan fingerprint density at radius 3 is 2.81 bits per heavy atom. The number of thioether (sulfide) groups is 1. The summed E-state index contributed by atoms with van der Waals surface area (Å²) in [4.78, 5) is 29.2. The molecule has 6 nitrogen and oxygen atoms in total. The van der Waals surface area contributed by atoms with Crippen LogP contribution in [0.4, 0.5) is 9.18 Å². The van der Waals surface area contributed by atoms with Crippen molar-refractivity contribution in [3.63, 3.8) is 0 Å². The van der Waals surface area contributed by atoms with E-state index >= 15 is 0 Å². The average molecular weight is 395 g/mol. The second-order valence-corrected chi connectivity index (χ2v) is 7.99. The van der Waals surface area contributed by atoms with Gasteiger partial charge in [0.05, 0.1) is 0 Å². The van der Waals surface area contributed by atoms with Crippen molar-refractivity contribution in [2.45, 2.75) is 24.9 Å². The van der Waals surface area contributed by atoms with E-state index in [0.717, 1.165) is 38.2 Å². The number of urea groups is 1. The first-order chi connectivity index (χ1) is 13.1. The van der Waals surface area contributed by atoms with Gasteiger partial charge in [-0.25, -0.2) is 9.18 Å². The summed E-state index contributed by atoms with van der Waals surface area (Å²) < 4.78 is 13.6. The number of piperidine rings is 1. The molecule has 27 heavy (non-hydrogen) atoms. The molecular weight excluding hydrogens is 367 g/mol. The highest BCUT2D eigenvalue weighted by molar-refractivity contribution is 7.98. The smallest absolute Gasteiger partial charge is 0.318 e. The Morgan fingerprint density at radius 2 is 2.11 bits per heavy atom. The number of piperazine rings is 1. The number of benzene rings is 1. The molecule has 0 aromatic heterocycles. The van der Waals surface area contributed by atoms with Crippen molar-refractivity contribution < 1.29 is 14.0 Å². The molecule has 0 spiro atoms. The van der Waals surface area contributed by atoms with E-state index in [1.165, 1.54) is 17.0 Å². The Labute approximate surface area is 163 Å². The summed E-state index contributed by atoms with van der Waals surface area (Å²) in [6.07, 6.45) is 3.92. The van der Waals surface area contributed by atoms with E-state index < -0.39 is 11.9 Å². The summed E-state index contributed by atoms with van der Waals surface area (Å²) in [5, 5.41) is 5.85. The maximum Gasteiger partial charge on any atom is 0.318 e. The van der Waals surface area contributed by atoms with Gasteiger partial charge < -0.3 is 20.4 Å². The van der Waals surface area contributed by atoms with Crippen molar-refractivity contribution in [3.05, 3.63) is 35.6 Å². The zero-order valence-corrected chi connectivity index (χ0v) is 16.4. The van der Waals surface area contributed by atoms with Crippen molar-refractivity contribution >= 4 is 23.7 Å².